The average molecular weight is 390 g/mol. The van der Waals surface area contributed by atoms with Crippen LogP contribution >= 0.6 is 0 Å². The van der Waals surface area contributed by atoms with Gasteiger partial charge in [-0.05, 0) is 49.7 Å². The maximum atomic E-state index is 10.8. The Balaban J connectivity index is 1.74. The third-order valence-electron chi connectivity index (χ3n) is 6.08. The van der Waals surface area contributed by atoms with Crippen LogP contribution in [0, 0.1) is 5.92 Å². The summed E-state index contributed by atoms with van der Waals surface area (Å²) in [5.74, 6) is 1.36. The van der Waals surface area contributed by atoms with Crippen molar-refractivity contribution in [3.8, 4) is 0 Å². The quantitative estimate of drug-likeness (QED) is 0.633. The maximum Gasteiger partial charge on any atom is 0.155 e. The highest BCUT2D eigenvalue weighted by Gasteiger charge is 2.37. The molecule has 3 aromatic rings. The van der Waals surface area contributed by atoms with Crippen molar-refractivity contribution in [2.75, 3.05) is 5.32 Å². The summed E-state index contributed by atoms with van der Waals surface area (Å²) in [6.07, 6.45) is 9.93. The minimum Gasteiger partial charge on any atom is -0.390 e. The van der Waals surface area contributed by atoms with Gasteiger partial charge in [-0.2, -0.15) is 9.61 Å². The van der Waals surface area contributed by atoms with Crippen molar-refractivity contribution in [3.63, 3.8) is 0 Å². The molecular weight excluding hydrogens is 361 g/mol. The van der Waals surface area contributed by atoms with Gasteiger partial charge in [0.15, 0.2) is 12.9 Å². The molecule has 1 saturated carbocycles. The van der Waals surface area contributed by atoms with E-state index in [0.29, 0.717) is 6.54 Å². The van der Waals surface area contributed by atoms with Crippen LogP contribution < -0.4 is 10.8 Å². The Morgan fingerprint density at radius 1 is 1.28 bits per heavy atom. The fourth-order valence-corrected chi connectivity index (χ4v) is 4.54. The van der Waals surface area contributed by atoms with Crippen molar-refractivity contribution < 1.29 is 5.11 Å². The summed E-state index contributed by atoms with van der Waals surface area (Å²) in [6.45, 7) is 6.53. The lowest BCUT2D eigenvalue weighted by molar-refractivity contribution is -0.0105. The Kier molecular flexibility index (Phi) is 5.59. The van der Waals surface area contributed by atoms with Crippen LogP contribution in [0.1, 0.15) is 56.7 Å². The van der Waals surface area contributed by atoms with E-state index in [4.69, 9.17) is 4.98 Å². The van der Waals surface area contributed by atoms with Gasteiger partial charge in [-0.25, -0.2) is 4.98 Å². The highest BCUT2D eigenvalue weighted by Crippen LogP contribution is 2.43. The minimum absolute atomic E-state index is 0.203. The van der Waals surface area contributed by atoms with E-state index in [9.17, 15) is 5.11 Å². The molecule has 3 aromatic heterocycles. The molecule has 7 heteroatoms. The number of nitrogens with zero attached hydrogens (tertiary/aromatic N) is 4. The molecule has 2 atom stereocenters. The number of pyridine rings is 1. The normalized spacial score (nSPS) is 20.0. The summed E-state index contributed by atoms with van der Waals surface area (Å²) in [7, 11) is 2.04. The second-order valence-corrected chi connectivity index (χ2v) is 8.56. The molecular formula is C22H29BN5O. The minimum atomic E-state index is -0.720. The number of nitrogens with one attached hydrogen (secondary N) is 1. The summed E-state index contributed by atoms with van der Waals surface area (Å²) in [4.78, 5) is 9.21. The monoisotopic (exact) mass is 390 g/mol. The number of rotatable bonds is 6. The summed E-state index contributed by atoms with van der Waals surface area (Å²) in [5, 5.41) is 18.9. The van der Waals surface area contributed by atoms with Crippen LogP contribution in [0.15, 0.2) is 36.8 Å². The zero-order valence-electron chi connectivity index (χ0n) is 17.5. The molecule has 1 radical (unpaired) electrons. The number of aliphatic hydroxyl groups is 1. The summed E-state index contributed by atoms with van der Waals surface area (Å²) < 4.78 is 1.87. The molecule has 3 heterocycles. The number of hydrogen-bond donors (Lipinski definition) is 2. The number of anilines is 1. The van der Waals surface area contributed by atoms with Gasteiger partial charge in [-0.3, -0.25) is 4.98 Å². The molecule has 151 valence electrons. The molecule has 1 aliphatic carbocycles. The number of fused-ring (bicyclic) bond motifs is 1. The number of aromatic nitrogens is 4. The van der Waals surface area contributed by atoms with Crippen molar-refractivity contribution in [1.82, 2.24) is 19.6 Å². The first-order chi connectivity index (χ1) is 14.0. The van der Waals surface area contributed by atoms with E-state index in [-0.39, 0.29) is 11.8 Å². The standard InChI is InChI=1S/C22H29BN5O/c1-22(2,29)17-9-5-4-8-16(17)19-11-20(25-13-15-7-6-10-24-12-15)28-21(27-19)18(23-3)14-26-28/h6-7,10-12,14,16-17,25,29H,4-5,8-9,13H2,1-3H3/t16-,17+/m1/s1. The molecule has 0 aromatic carbocycles. The van der Waals surface area contributed by atoms with E-state index >= 15 is 0 Å². The van der Waals surface area contributed by atoms with Crippen LogP contribution in [-0.2, 0) is 6.54 Å². The van der Waals surface area contributed by atoms with E-state index in [0.717, 1.165) is 41.0 Å². The predicted octanol–water partition coefficient (Wildman–Crippen LogP) is 3.16. The maximum absolute atomic E-state index is 10.8. The van der Waals surface area contributed by atoms with E-state index < -0.39 is 5.60 Å². The third kappa shape index (κ3) is 4.15. The van der Waals surface area contributed by atoms with E-state index in [1.165, 1.54) is 12.8 Å². The highest BCUT2D eigenvalue weighted by atomic mass is 16.3. The van der Waals surface area contributed by atoms with Gasteiger partial charge < -0.3 is 10.4 Å². The largest absolute Gasteiger partial charge is 0.390 e. The van der Waals surface area contributed by atoms with Gasteiger partial charge in [0.2, 0.25) is 0 Å². The molecule has 0 saturated heterocycles. The summed E-state index contributed by atoms with van der Waals surface area (Å²) in [6, 6.07) is 6.11. The molecule has 0 aliphatic heterocycles. The predicted molar refractivity (Wildman–Crippen MR) is 117 cm³/mol. The highest BCUT2D eigenvalue weighted by molar-refractivity contribution is 6.54. The first-order valence-corrected chi connectivity index (χ1v) is 10.5. The van der Waals surface area contributed by atoms with Crippen LogP contribution in [0.2, 0.25) is 6.82 Å². The van der Waals surface area contributed by atoms with Crippen LogP contribution in [0.4, 0.5) is 5.82 Å². The van der Waals surface area contributed by atoms with Gasteiger partial charge in [0.25, 0.3) is 0 Å². The van der Waals surface area contributed by atoms with E-state index in [1.807, 2.05) is 50.9 Å². The second kappa shape index (κ2) is 8.15. The molecule has 4 rings (SSSR count). The summed E-state index contributed by atoms with van der Waals surface area (Å²) >= 11 is 0. The van der Waals surface area contributed by atoms with Crippen molar-refractivity contribution in [2.45, 2.75) is 64.4 Å². The van der Waals surface area contributed by atoms with Gasteiger partial charge in [-0.1, -0.05) is 25.7 Å². The van der Waals surface area contributed by atoms with Crippen LogP contribution in [0.5, 0.6) is 0 Å². The second-order valence-electron chi connectivity index (χ2n) is 8.56. The molecule has 29 heavy (non-hydrogen) atoms. The van der Waals surface area contributed by atoms with Crippen LogP contribution in [0.25, 0.3) is 5.65 Å². The third-order valence-corrected chi connectivity index (χ3v) is 6.08. The first kappa shape index (κ1) is 19.9. The Bertz CT molecular complexity index is 966. The lowest BCUT2D eigenvalue weighted by Crippen LogP contribution is -2.37. The fourth-order valence-electron chi connectivity index (χ4n) is 4.54. The molecule has 6 nitrogen and oxygen atoms in total. The van der Waals surface area contributed by atoms with Crippen molar-refractivity contribution >= 4 is 24.2 Å². The zero-order chi connectivity index (χ0) is 20.4. The van der Waals surface area contributed by atoms with Crippen LogP contribution in [0.3, 0.4) is 0 Å². The number of hydrogen-bond acceptors (Lipinski definition) is 5. The Labute approximate surface area is 173 Å². The van der Waals surface area contributed by atoms with Gasteiger partial charge in [0.1, 0.15) is 5.82 Å². The topological polar surface area (TPSA) is 75.3 Å². The van der Waals surface area contributed by atoms with Crippen LogP contribution in [-0.4, -0.2) is 37.6 Å². The Hall–Kier alpha value is -2.41. The van der Waals surface area contributed by atoms with E-state index in [2.05, 4.69) is 27.5 Å². The van der Waals surface area contributed by atoms with Gasteiger partial charge >= 0.3 is 0 Å². The lowest BCUT2D eigenvalue weighted by atomic mass is 9.70. The molecule has 0 amide bonds. The molecule has 0 bridgehead atoms. The zero-order valence-corrected chi connectivity index (χ0v) is 17.5. The van der Waals surface area contributed by atoms with E-state index in [1.54, 1.807) is 6.20 Å². The SMILES string of the molecule is C[B]c1cnn2c(NCc3cccnc3)cc([C@@H]3CCCC[C@@H]3C(C)(C)O)nc12. The van der Waals surface area contributed by atoms with Gasteiger partial charge in [-0.15, -0.1) is 0 Å². The molecule has 1 aliphatic rings. The van der Waals surface area contributed by atoms with Gasteiger partial charge in [0.05, 0.1) is 11.3 Å². The molecule has 0 spiro atoms. The van der Waals surface area contributed by atoms with Gasteiger partial charge in [0, 0.05) is 37.1 Å². The molecule has 0 unspecified atom stereocenters. The smallest absolute Gasteiger partial charge is 0.155 e. The van der Waals surface area contributed by atoms with Crippen molar-refractivity contribution in [3.05, 3.63) is 48.0 Å². The fraction of sp³-hybridized carbons (Fsp3) is 0.500. The van der Waals surface area contributed by atoms with Crippen molar-refractivity contribution in [2.24, 2.45) is 5.92 Å². The van der Waals surface area contributed by atoms with Crippen molar-refractivity contribution in [1.29, 1.82) is 0 Å². The summed E-state index contributed by atoms with van der Waals surface area (Å²) in [5.41, 5.74) is 3.31. The lowest BCUT2D eigenvalue weighted by Gasteiger charge is -2.39. The average Bonchev–Trinajstić information content (AvgIpc) is 3.15. The Morgan fingerprint density at radius 3 is 2.83 bits per heavy atom. The molecule has 2 N–H and O–H groups in total. The molecule has 1 fully saturated rings. The Morgan fingerprint density at radius 2 is 2.10 bits per heavy atom. The first-order valence-electron chi connectivity index (χ1n) is 10.5.